The first-order valence-corrected chi connectivity index (χ1v) is 9.24. The van der Waals surface area contributed by atoms with Gasteiger partial charge in [-0.15, -0.1) is 0 Å². The average molecular weight is 359 g/mol. The standard InChI is InChI=1S/C26H30O/c1-7-25(21(3)4,19-23-15-11-9-12-16-23)27-26(8-2,22(5)6)20-24-17-13-10-14-18-24/h7-18H,1-3,5,19-20H2,4,6H3. The highest BCUT2D eigenvalue weighted by Gasteiger charge is 2.40. The maximum atomic E-state index is 6.82. The molecule has 0 fully saturated rings. The Balaban J connectivity index is 2.46. The largest absolute Gasteiger partial charge is 0.351 e. The molecule has 0 radical (unpaired) electrons. The second kappa shape index (κ2) is 8.83. The van der Waals surface area contributed by atoms with Gasteiger partial charge >= 0.3 is 0 Å². The van der Waals surface area contributed by atoms with Crippen LogP contribution < -0.4 is 0 Å². The monoisotopic (exact) mass is 358 g/mol. The van der Waals surface area contributed by atoms with Crippen molar-refractivity contribution in [2.75, 3.05) is 0 Å². The number of benzene rings is 2. The summed E-state index contributed by atoms with van der Waals surface area (Å²) in [7, 11) is 0. The van der Waals surface area contributed by atoms with Crippen molar-refractivity contribution in [1.29, 1.82) is 0 Å². The molecule has 1 heteroatoms. The van der Waals surface area contributed by atoms with Crippen molar-refractivity contribution in [3.8, 4) is 0 Å². The van der Waals surface area contributed by atoms with Crippen LogP contribution in [0.3, 0.4) is 0 Å². The third kappa shape index (κ3) is 4.75. The van der Waals surface area contributed by atoms with Gasteiger partial charge in [-0.05, 0) is 36.1 Å². The highest BCUT2D eigenvalue weighted by molar-refractivity contribution is 5.33. The van der Waals surface area contributed by atoms with Crippen molar-refractivity contribution in [3.05, 3.63) is 121 Å². The molecule has 140 valence electrons. The third-order valence-corrected chi connectivity index (χ3v) is 5.09. The summed E-state index contributed by atoms with van der Waals surface area (Å²) < 4.78 is 6.82. The van der Waals surface area contributed by atoms with E-state index in [4.69, 9.17) is 4.74 Å². The van der Waals surface area contributed by atoms with Crippen LogP contribution in [0.4, 0.5) is 0 Å². The minimum Gasteiger partial charge on any atom is -0.351 e. The fourth-order valence-corrected chi connectivity index (χ4v) is 3.25. The van der Waals surface area contributed by atoms with Crippen LogP contribution in [0.25, 0.3) is 0 Å². The highest BCUT2D eigenvalue weighted by atomic mass is 16.5. The molecule has 2 aromatic rings. The van der Waals surface area contributed by atoms with Gasteiger partial charge in [-0.3, -0.25) is 0 Å². The van der Waals surface area contributed by atoms with E-state index < -0.39 is 11.2 Å². The molecule has 0 saturated heterocycles. The Morgan fingerprint density at radius 3 is 1.33 bits per heavy atom. The molecule has 0 aliphatic rings. The van der Waals surface area contributed by atoms with Gasteiger partial charge in [-0.1, -0.05) is 99.1 Å². The smallest absolute Gasteiger partial charge is 0.112 e. The van der Waals surface area contributed by atoms with E-state index in [2.05, 4.69) is 50.6 Å². The van der Waals surface area contributed by atoms with Crippen LogP contribution in [0.15, 0.2) is 110 Å². The first-order chi connectivity index (χ1) is 12.9. The molecule has 0 N–H and O–H groups in total. The molecule has 2 aromatic carbocycles. The van der Waals surface area contributed by atoms with Gasteiger partial charge in [0.05, 0.1) is 0 Å². The minimum atomic E-state index is -0.719. The Kier molecular flexibility index (Phi) is 6.76. The molecule has 0 bridgehead atoms. The minimum absolute atomic E-state index is 0.657. The predicted molar refractivity (Wildman–Crippen MR) is 117 cm³/mol. The normalized spacial score (nSPS) is 15.2. The van der Waals surface area contributed by atoms with Crippen LogP contribution in [0, 0.1) is 0 Å². The zero-order chi connectivity index (χ0) is 19.9. The topological polar surface area (TPSA) is 9.23 Å². The Labute approximate surface area is 164 Å². The van der Waals surface area contributed by atoms with Crippen LogP contribution in [0.2, 0.25) is 0 Å². The molecule has 0 spiro atoms. The summed E-state index contributed by atoms with van der Waals surface area (Å²) in [6, 6.07) is 20.5. The van der Waals surface area contributed by atoms with Crippen LogP contribution in [0.5, 0.6) is 0 Å². The molecule has 0 aliphatic carbocycles. The van der Waals surface area contributed by atoms with Gasteiger partial charge < -0.3 is 4.74 Å². The maximum Gasteiger partial charge on any atom is 0.112 e. The van der Waals surface area contributed by atoms with Gasteiger partial charge in [-0.25, -0.2) is 0 Å². The van der Waals surface area contributed by atoms with E-state index in [-0.39, 0.29) is 0 Å². The van der Waals surface area contributed by atoms with E-state index in [1.165, 1.54) is 11.1 Å². The zero-order valence-corrected chi connectivity index (χ0v) is 16.6. The molecule has 27 heavy (non-hydrogen) atoms. The fraction of sp³-hybridized carbons (Fsp3) is 0.231. The first kappa shape index (κ1) is 20.7. The van der Waals surface area contributed by atoms with E-state index in [1.807, 2.05) is 62.4 Å². The molecule has 2 unspecified atom stereocenters. The van der Waals surface area contributed by atoms with Gasteiger partial charge in [0.15, 0.2) is 0 Å². The van der Waals surface area contributed by atoms with Crippen LogP contribution >= 0.6 is 0 Å². The van der Waals surface area contributed by atoms with E-state index in [9.17, 15) is 0 Å². The summed E-state index contributed by atoms with van der Waals surface area (Å²) in [6.45, 7) is 20.6. The van der Waals surface area contributed by atoms with E-state index in [0.717, 1.165) is 11.1 Å². The highest BCUT2D eigenvalue weighted by Crippen LogP contribution is 2.37. The summed E-state index contributed by atoms with van der Waals surface area (Å²) in [5.41, 5.74) is 2.70. The van der Waals surface area contributed by atoms with E-state index in [0.29, 0.717) is 12.8 Å². The summed E-state index contributed by atoms with van der Waals surface area (Å²) in [5, 5.41) is 0. The van der Waals surface area contributed by atoms with E-state index in [1.54, 1.807) is 0 Å². The quantitative estimate of drug-likeness (QED) is 0.441. The zero-order valence-electron chi connectivity index (χ0n) is 16.6. The van der Waals surface area contributed by atoms with Crippen molar-refractivity contribution in [1.82, 2.24) is 0 Å². The number of ether oxygens (including phenoxy) is 1. The Bertz CT molecular complexity index is 733. The Hall–Kier alpha value is -2.64. The number of hydrogen-bond donors (Lipinski definition) is 0. The Morgan fingerprint density at radius 1 is 0.741 bits per heavy atom. The van der Waals surface area contributed by atoms with Crippen LogP contribution in [-0.2, 0) is 17.6 Å². The molecule has 0 saturated carbocycles. The summed E-state index contributed by atoms with van der Waals surface area (Å²) in [6.07, 6.45) is 5.03. The molecule has 0 heterocycles. The van der Waals surface area contributed by atoms with Crippen molar-refractivity contribution in [2.45, 2.75) is 37.9 Å². The van der Waals surface area contributed by atoms with Crippen LogP contribution in [0.1, 0.15) is 25.0 Å². The molecule has 2 atom stereocenters. The lowest BCUT2D eigenvalue weighted by Crippen LogP contribution is -2.46. The first-order valence-electron chi connectivity index (χ1n) is 9.24. The van der Waals surface area contributed by atoms with E-state index >= 15 is 0 Å². The second-order valence-corrected chi connectivity index (χ2v) is 7.17. The molecule has 0 aromatic heterocycles. The van der Waals surface area contributed by atoms with Crippen molar-refractivity contribution < 1.29 is 4.74 Å². The SMILES string of the molecule is C=CC(Cc1ccccc1)(OC(C=C)(Cc1ccccc1)C(=C)C)C(=C)C. The van der Waals surface area contributed by atoms with Crippen molar-refractivity contribution in [3.63, 3.8) is 0 Å². The molecule has 0 amide bonds. The van der Waals surface area contributed by atoms with Gasteiger partial charge in [0.25, 0.3) is 0 Å². The lowest BCUT2D eigenvalue weighted by molar-refractivity contribution is -0.0669. The summed E-state index contributed by atoms with van der Waals surface area (Å²) >= 11 is 0. The van der Waals surface area contributed by atoms with Gasteiger partial charge in [0.2, 0.25) is 0 Å². The summed E-state index contributed by atoms with van der Waals surface area (Å²) in [5.74, 6) is 0. The van der Waals surface area contributed by atoms with Crippen LogP contribution in [-0.4, -0.2) is 11.2 Å². The molecule has 2 rings (SSSR count). The average Bonchev–Trinajstić information content (AvgIpc) is 2.68. The number of hydrogen-bond acceptors (Lipinski definition) is 1. The molecular weight excluding hydrogens is 328 g/mol. The lowest BCUT2D eigenvalue weighted by Gasteiger charge is -2.43. The van der Waals surface area contributed by atoms with Gasteiger partial charge in [0.1, 0.15) is 11.2 Å². The molecule has 0 aliphatic heterocycles. The Morgan fingerprint density at radius 2 is 1.07 bits per heavy atom. The van der Waals surface area contributed by atoms with Gasteiger partial charge in [0, 0.05) is 12.8 Å². The molecular formula is C26H30O. The fourth-order valence-electron chi connectivity index (χ4n) is 3.25. The van der Waals surface area contributed by atoms with Crippen molar-refractivity contribution >= 4 is 0 Å². The third-order valence-electron chi connectivity index (χ3n) is 5.09. The van der Waals surface area contributed by atoms with Crippen molar-refractivity contribution in [2.24, 2.45) is 0 Å². The molecule has 1 nitrogen and oxygen atoms in total. The van der Waals surface area contributed by atoms with Gasteiger partial charge in [-0.2, -0.15) is 0 Å². The second-order valence-electron chi connectivity index (χ2n) is 7.17. The lowest BCUT2D eigenvalue weighted by atomic mass is 9.83. The maximum absolute atomic E-state index is 6.82. The summed E-state index contributed by atoms with van der Waals surface area (Å²) in [4.78, 5) is 0. The predicted octanol–water partition coefficient (Wildman–Crippen LogP) is 6.49. The number of rotatable bonds is 10.